The number of nitrogens with two attached hydrogens (primary N) is 2. The van der Waals surface area contributed by atoms with Gasteiger partial charge in [-0.1, -0.05) is 66.7 Å². The van der Waals surface area contributed by atoms with Crippen LogP contribution in [0.2, 0.25) is 0 Å². The normalized spacial score (nSPS) is 11.2. The number of unbranched alkanes of at least 4 members (excludes halogenated alkanes) is 3. The Morgan fingerprint density at radius 2 is 1.32 bits per heavy atom. The molecule has 7 heteroatoms. The maximum absolute atomic E-state index is 12.7. The summed E-state index contributed by atoms with van der Waals surface area (Å²) in [6.45, 7) is 1.25. The zero-order valence-electron chi connectivity index (χ0n) is 22.8. The molecular weight excluding hydrogens is 516 g/mol. The van der Waals surface area contributed by atoms with Gasteiger partial charge in [0.15, 0.2) is 5.78 Å². The summed E-state index contributed by atoms with van der Waals surface area (Å²) in [5, 5.41) is 9.59. The van der Waals surface area contributed by atoms with E-state index in [0.29, 0.717) is 41.5 Å². The van der Waals surface area contributed by atoms with Crippen LogP contribution in [-0.4, -0.2) is 30.1 Å². The Balaban J connectivity index is 1.21. The second-order valence-corrected chi connectivity index (χ2v) is 9.61. The lowest BCUT2D eigenvalue weighted by Crippen LogP contribution is -2.12. The van der Waals surface area contributed by atoms with Crippen LogP contribution in [0.4, 0.5) is 11.4 Å². The number of carbonyl (C=O) groups excluding carboxylic acids is 1. The van der Waals surface area contributed by atoms with Gasteiger partial charge in [0.2, 0.25) is 0 Å². The molecule has 4 aromatic carbocycles. The van der Waals surface area contributed by atoms with E-state index in [-0.39, 0.29) is 5.57 Å². The third kappa shape index (κ3) is 8.47. The van der Waals surface area contributed by atoms with E-state index in [9.17, 15) is 14.7 Å². The molecule has 0 aromatic heterocycles. The van der Waals surface area contributed by atoms with Crippen LogP contribution in [0, 0.1) is 0 Å². The Kier molecular flexibility index (Phi) is 10.2. The largest absolute Gasteiger partial charge is 0.494 e. The lowest BCUT2D eigenvalue weighted by Gasteiger charge is -2.10. The Morgan fingerprint density at radius 3 is 1.93 bits per heavy atom. The molecule has 0 aliphatic carbocycles. The number of benzene rings is 4. The summed E-state index contributed by atoms with van der Waals surface area (Å²) in [7, 11) is 0. The van der Waals surface area contributed by atoms with Crippen LogP contribution in [0.25, 0.3) is 17.2 Å². The molecule has 0 unspecified atom stereocenters. The van der Waals surface area contributed by atoms with E-state index in [1.807, 2.05) is 36.4 Å². The monoisotopic (exact) mass is 550 g/mol. The molecule has 0 saturated carbocycles. The SMILES string of the molecule is Nc1ccc(OCCCCCCOc2ccc(-c3ccc(C=C(C(=O)O)C(=O)c4ccccc4)cc3)cc2)c(N)c1. The number of hydrogen-bond acceptors (Lipinski definition) is 6. The first-order chi connectivity index (χ1) is 19.9. The van der Waals surface area contributed by atoms with Crippen LogP contribution in [0.1, 0.15) is 41.6 Å². The maximum atomic E-state index is 12.7. The molecule has 210 valence electrons. The van der Waals surface area contributed by atoms with Gasteiger partial charge in [-0.2, -0.15) is 0 Å². The lowest BCUT2D eigenvalue weighted by atomic mass is 9.99. The Bertz CT molecular complexity index is 1480. The van der Waals surface area contributed by atoms with Gasteiger partial charge in [-0.05, 0) is 78.8 Å². The number of nitrogen functional groups attached to an aromatic ring is 2. The summed E-state index contributed by atoms with van der Waals surface area (Å²) in [4.78, 5) is 24.4. The van der Waals surface area contributed by atoms with Crippen molar-refractivity contribution in [1.82, 2.24) is 0 Å². The number of ketones is 1. The summed E-state index contributed by atoms with van der Waals surface area (Å²) in [6.07, 6.45) is 5.37. The highest BCUT2D eigenvalue weighted by Gasteiger charge is 2.19. The zero-order chi connectivity index (χ0) is 29.0. The van der Waals surface area contributed by atoms with Crippen molar-refractivity contribution >= 4 is 29.2 Å². The number of ether oxygens (including phenoxy) is 2. The molecule has 0 radical (unpaired) electrons. The third-order valence-electron chi connectivity index (χ3n) is 6.52. The Hall–Kier alpha value is -5.04. The fourth-order valence-electron chi connectivity index (χ4n) is 4.28. The quantitative estimate of drug-likeness (QED) is 0.0390. The molecule has 4 aromatic rings. The molecule has 7 nitrogen and oxygen atoms in total. The van der Waals surface area contributed by atoms with Crippen LogP contribution in [0.15, 0.2) is 103 Å². The standard InChI is InChI=1S/C34H34N2O5/c35-28-16-19-32(31(36)23-28)41-21-7-2-1-6-20-40-29-17-14-26(15-18-29)25-12-10-24(11-13-25)22-30(34(38)39)33(37)27-8-4-3-5-9-27/h3-5,8-19,22-23H,1-2,6-7,20-21,35-36H2,(H,38,39). The van der Waals surface area contributed by atoms with Gasteiger partial charge in [0.25, 0.3) is 0 Å². The highest BCUT2D eigenvalue weighted by atomic mass is 16.5. The Labute approximate surface area is 240 Å². The molecule has 0 atom stereocenters. The predicted molar refractivity (Wildman–Crippen MR) is 163 cm³/mol. The van der Waals surface area contributed by atoms with Crippen LogP contribution in [0.5, 0.6) is 11.5 Å². The minimum Gasteiger partial charge on any atom is -0.494 e. The number of hydrogen-bond donors (Lipinski definition) is 3. The second-order valence-electron chi connectivity index (χ2n) is 9.61. The average molecular weight is 551 g/mol. The number of carbonyl (C=O) groups is 2. The molecule has 4 rings (SSSR count). The highest BCUT2D eigenvalue weighted by molar-refractivity contribution is 6.26. The molecule has 0 aliphatic heterocycles. The van der Waals surface area contributed by atoms with E-state index in [1.54, 1.807) is 60.7 Å². The van der Waals surface area contributed by atoms with Crippen LogP contribution < -0.4 is 20.9 Å². The van der Waals surface area contributed by atoms with Crippen molar-refractivity contribution in [3.63, 3.8) is 0 Å². The van der Waals surface area contributed by atoms with Crippen molar-refractivity contribution in [1.29, 1.82) is 0 Å². The minimum absolute atomic E-state index is 0.276. The smallest absolute Gasteiger partial charge is 0.339 e. The van der Waals surface area contributed by atoms with E-state index >= 15 is 0 Å². The molecule has 0 amide bonds. The molecule has 0 heterocycles. The Morgan fingerprint density at radius 1 is 0.707 bits per heavy atom. The number of carboxylic acids is 1. The van der Waals surface area contributed by atoms with Gasteiger partial charge >= 0.3 is 5.97 Å². The zero-order valence-corrected chi connectivity index (χ0v) is 22.8. The maximum Gasteiger partial charge on any atom is 0.339 e. The van der Waals surface area contributed by atoms with Crippen LogP contribution >= 0.6 is 0 Å². The van der Waals surface area contributed by atoms with Crippen molar-refractivity contribution in [2.75, 3.05) is 24.7 Å². The van der Waals surface area contributed by atoms with Gasteiger partial charge in [-0.25, -0.2) is 4.79 Å². The summed E-state index contributed by atoms with van der Waals surface area (Å²) < 4.78 is 11.6. The number of aliphatic carboxylic acids is 1. The highest BCUT2D eigenvalue weighted by Crippen LogP contribution is 2.25. The molecular formula is C34H34N2O5. The van der Waals surface area contributed by atoms with Crippen molar-refractivity contribution < 1.29 is 24.2 Å². The summed E-state index contributed by atoms with van der Waals surface area (Å²) in [5.41, 5.74) is 15.5. The lowest BCUT2D eigenvalue weighted by molar-refractivity contribution is -0.132. The topological polar surface area (TPSA) is 125 Å². The van der Waals surface area contributed by atoms with E-state index in [2.05, 4.69) is 0 Å². The van der Waals surface area contributed by atoms with E-state index in [0.717, 1.165) is 42.6 Å². The van der Waals surface area contributed by atoms with Gasteiger partial charge in [0, 0.05) is 11.3 Å². The number of Topliss-reactive ketones (excluding diaryl/α,β-unsaturated/α-hetero) is 1. The van der Waals surface area contributed by atoms with Crippen molar-refractivity contribution in [3.8, 4) is 22.6 Å². The second kappa shape index (κ2) is 14.4. The molecule has 0 saturated heterocycles. The summed E-state index contributed by atoms with van der Waals surface area (Å²) in [5.74, 6) is -0.304. The van der Waals surface area contributed by atoms with Crippen molar-refractivity contribution in [2.45, 2.75) is 25.7 Å². The van der Waals surface area contributed by atoms with Gasteiger partial charge in [-0.15, -0.1) is 0 Å². The van der Waals surface area contributed by atoms with Crippen molar-refractivity contribution in [3.05, 3.63) is 114 Å². The van der Waals surface area contributed by atoms with Gasteiger partial charge < -0.3 is 26.0 Å². The average Bonchev–Trinajstić information content (AvgIpc) is 2.99. The fourth-order valence-corrected chi connectivity index (χ4v) is 4.28. The van der Waals surface area contributed by atoms with Crippen LogP contribution in [-0.2, 0) is 4.79 Å². The first kappa shape index (κ1) is 29.0. The molecule has 41 heavy (non-hydrogen) atoms. The minimum atomic E-state index is -1.26. The van der Waals surface area contributed by atoms with Gasteiger partial charge in [-0.3, -0.25) is 4.79 Å². The number of carboxylic acid groups (broad SMARTS) is 1. The molecule has 5 N–H and O–H groups in total. The molecule has 0 spiro atoms. The first-order valence-electron chi connectivity index (χ1n) is 13.6. The fraction of sp³-hybridized carbons (Fsp3) is 0.176. The first-order valence-corrected chi connectivity index (χ1v) is 13.6. The van der Waals surface area contributed by atoms with Crippen molar-refractivity contribution in [2.24, 2.45) is 0 Å². The van der Waals surface area contributed by atoms with E-state index < -0.39 is 11.8 Å². The van der Waals surface area contributed by atoms with E-state index in [4.69, 9.17) is 20.9 Å². The third-order valence-corrected chi connectivity index (χ3v) is 6.52. The van der Waals surface area contributed by atoms with E-state index in [1.165, 1.54) is 6.08 Å². The molecule has 0 bridgehead atoms. The summed E-state index contributed by atoms with van der Waals surface area (Å²) >= 11 is 0. The van der Waals surface area contributed by atoms with Crippen LogP contribution in [0.3, 0.4) is 0 Å². The molecule has 0 aliphatic rings. The number of rotatable bonds is 14. The van der Waals surface area contributed by atoms with Gasteiger partial charge in [0.05, 0.1) is 18.9 Å². The molecule has 0 fully saturated rings. The summed E-state index contributed by atoms with van der Waals surface area (Å²) in [6, 6.07) is 28.9. The van der Waals surface area contributed by atoms with Gasteiger partial charge in [0.1, 0.15) is 17.1 Å². The number of anilines is 2. The predicted octanol–water partition coefficient (Wildman–Crippen LogP) is 6.89.